The van der Waals surface area contributed by atoms with Gasteiger partial charge < -0.3 is 10.6 Å². The van der Waals surface area contributed by atoms with Crippen molar-refractivity contribution in [3.05, 3.63) is 65.7 Å². The van der Waals surface area contributed by atoms with Crippen LogP contribution in [0.2, 0.25) is 0 Å². The summed E-state index contributed by atoms with van der Waals surface area (Å²) in [4.78, 5) is 24.0. The number of benzene rings is 2. The highest BCUT2D eigenvalue weighted by atomic mass is 32.2. The number of nitrogens with one attached hydrogen (secondary N) is 2. The summed E-state index contributed by atoms with van der Waals surface area (Å²) in [5, 5.41) is 5.86. The molecule has 0 radical (unpaired) electrons. The number of rotatable bonds is 8. The van der Waals surface area contributed by atoms with Gasteiger partial charge >= 0.3 is 0 Å². The van der Waals surface area contributed by atoms with E-state index in [1.165, 1.54) is 17.3 Å². The lowest BCUT2D eigenvalue weighted by Crippen LogP contribution is -2.33. The van der Waals surface area contributed by atoms with E-state index in [1.807, 2.05) is 49.4 Å². The molecule has 1 fully saturated rings. The zero-order chi connectivity index (χ0) is 18.4. The van der Waals surface area contributed by atoms with Crippen molar-refractivity contribution >= 4 is 29.3 Å². The van der Waals surface area contributed by atoms with Crippen molar-refractivity contribution in [3.63, 3.8) is 0 Å². The number of hydrogen-bond acceptors (Lipinski definition) is 3. The number of thioether (sulfide) groups is 1. The van der Waals surface area contributed by atoms with E-state index in [1.54, 1.807) is 0 Å². The Bertz CT molecular complexity index is 755. The summed E-state index contributed by atoms with van der Waals surface area (Å²) < 4.78 is 0. The Morgan fingerprint density at radius 2 is 1.62 bits per heavy atom. The Balaban J connectivity index is 1.35. The Kier molecular flexibility index (Phi) is 5.99. The van der Waals surface area contributed by atoms with E-state index in [2.05, 4.69) is 22.8 Å². The number of hydrogen-bond donors (Lipinski definition) is 2. The maximum absolute atomic E-state index is 12.1. The molecule has 0 saturated heterocycles. The van der Waals surface area contributed by atoms with Gasteiger partial charge in [-0.2, -0.15) is 0 Å². The summed E-state index contributed by atoms with van der Waals surface area (Å²) >= 11 is 1.33. The summed E-state index contributed by atoms with van der Waals surface area (Å²) in [7, 11) is 0. The van der Waals surface area contributed by atoms with Crippen LogP contribution in [0.3, 0.4) is 0 Å². The van der Waals surface area contributed by atoms with Crippen LogP contribution in [0.4, 0.5) is 5.69 Å². The molecule has 26 heavy (non-hydrogen) atoms. The first-order valence-electron chi connectivity index (χ1n) is 8.84. The molecule has 0 aliphatic heterocycles. The van der Waals surface area contributed by atoms with Crippen LogP contribution in [0.5, 0.6) is 0 Å². The van der Waals surface area contributed by atoms with E-state index < -0.39 is 0 Å². The molecule has 0 unspecified atom stereocenters. The number of anilines is 1. The second kappa shape index (κ2) is 8.41. The Morgan fingerprint density at radius 3 is 2.27 bits per heavy atom. The standard InChI is InChI=1S/C21H24N2O2S/c1-16-7-9-18(10-8-16)23-20(25)14-26-13-19(24)22-15-21(11-12-21)17-5-3-2-4-6-17/h2-10H,11-15H2,1H3,(H,22,24)(H,23,25). The van der Waals surface area contributed by atoms with Crippen LogP contribution in [0.1, 0.15) is 24.0 Å². The Hall–Kier alpha value is -2.27. The lowest BCUT2D eigenvalue weighted by Gasteiger charge is -2.16. The third kappa shape index (κ3) is 5.11. The summed E-state index contributed by atoms with van der Waals surface area (Å²) in [6.45, 7) is 2.68. The van der Waals surface area contributed by atoms with Crippen LogP contribution in [-0.2, 0) is 15.0 Å². The molecule has 3 rings (SSSR count). The van der Waals surface area contributed by atoms with Gasteiger partial charge in [0, 0.05) is 17.6 Å². The molecule has 0 atom stereocenters. The van der Waals surface area contributed by atoms with E-state index >= 15 is 0 Å². The van der Waals surface area contributed by atoms with Gasteiger partial charge in [0.15, 0.2) is 0 Å². The highest BCUT2D eigenvalue weighted by Gasteiger charge is 2.44. The van der Waals surface area contributed by atoms with E-state index in [9.17, 15) is 9.59 Å². The van der Waals surface area contributed by atoms with E-state index in [0.29, 0.717) is 12.3 Å². The summed E-state index contributed by atoms with van der Waals surface area (Å²) in [5.41, 5.74) is 3.34. The predicted octanol–water partition coefficient (Wildman–Crippen LogP) is 3.51. The number of carbonyl (C=O) groups is 2. The van der Waals surface area contributed by atoms with Crippen LogP contribution >= 0.6 is 11.8 Å². The molecule has 5 heteroatoms. The van der Waals surface area contributed by atoms with Gasteiger partial charge in [0.2, 0.25) is 11.8 Å². The molecule has 136 valence electrons. The fraction of sp³-hybridized carbons (Fsp3) is 0.333. The predicted molar refractivity (Wildman–Crippen MR) is 107 cm³/mol. The van der Waals surface area contributed by atoms with Gasteiger partial charge in [-0.05, 0) is 37.5 Å². The molecule has 2 aromatic rings. The van der Waals surface area contributed by atoms with Gasteiger partial charge in [-0.1, -0.05) is 48.0 Å². The monoisotopic (exact) mass is 368 g/mol. The molecular weight excluding hydrogens is 344 g/mol. The average molecular weight is 369 g/mol. The molecule has 0 heterocycles. The smallest absolute Gasteiger partial charge is 0.234 e. The highest BCUT2D eigenvalue weighted by Crippen LogP contribution is 2.47. The second-order valence-electron chi connectivity index (χ2n) is 6.83. The minimum absolute atomic E-state index is 0.0136. The molecule has 1 saturated carbocycles. The highest BCUT2D eigenvalue weighted by molar-refractivity contribution is 8.00. The van der Waals surface area contributed by atoms with Gasteiger partial charge in [0.1, 0.15) is 0 Å². The Labute approximate surface area is 158 Å². The van der Waals surface area contributed by atoms with Gasteiger partial charge in [-0.3, -0.25) is 9.59 Å². The Morgan fingerprint density at radius 1 is 0.962 bits per heavy atom. The number of amides is 2. The maximum Gasteiger partial charge on any atom is 0.234 e. The summed E-state index contributed by atoms with van der Waals surface area (Å²) in [5.74, 6) is 0.465. The molecule has 0 bridgehead atoms. The van der Waals surface area contributed by atoms with Crippen molar-refractivity contribution in [2.45, 2.75) is 25.2 Å². The topological polar surface area (TPSA) is 58.2 Å². The SMILES string of the molecule is Cc1ccc(NC(=O)CSCC(=O)NCC2(c3ccccc3)CC2)cc1. The van der Waals surface area contributed by atoms with Crippen molar-refractivity contribution in [1.29, 1.82) is 0 Å². The zero-order valence-electron chi connectivity index (χ0n) is 15.0. The van der Waals surface area contributed by atoms with Crippen molar-refractivity contribution in [1.82, 2.24) is 5.32 Å². The van der Waals surface area contributed by atoms with Crippen molar-refractivity contribution in [2.75, 3.05) is 23.4 Å². The second-order valence-corrected chi connectivity index (χ2v) is 7.82. The minimum atomic E-state index is -0.0883. The van der Waals surface area contributed by atoms with Gasteiger partial charge in [-0.15, -0.1) is 11.8 Å². The molecule has 0 aromatic heterocycles. The lowest BCUT2D eigenvalue weighted by molar-refractivity contribution is -0.118. The molecule has 0 spiro atoms. The van der Waals surface area contributed by atoms with Gasteiger partial charge in [0.25, 0.3) is 0 Å². The van der Waals surface area contributed by atoms with Gasteiger partial charge in [-0.25, -0.2) is 0 Å². The van der Waals surface area contributed by atoms with Crippen molar-refractivity contribution in [2.24, 2.45) is 0 Å². The fourth-order valence-corrected chi connectivity index (χ4v) is 3.55. The van der Waals surface area contributed by atoms with Crippen LogP contribution in [0.25, 0.3) is 0 Å². The van der Waals surface area contributed by atoms with Crippen molar-refractivity contribution in [3.8, 4) is 0 Å². The molecule has 2 aromatic carbocycles. The lowest BCUT2D eigenvalue weighted by atomic mass is 9.96. The summed E-state index contributed by atoms with van der Waals surface area (Å²) in [6.07, 6.45) is 2.23. The third-order valence-corrected chi connectivity index (χ3v) is 5.60. The zero-order valence-corrected chi connectivity index (χ0v) is 15.8. The van der Waals surface area contributed by atoms with Crippen LogP contribution in [-0.4, -0.2) is 29.9 Å². The molecular formula is C21H24N2O2S. The molecule has 2 amide bonds. The first kappa shape index (κ1) is 18.5. The van der Waals surface area contributed by atoms with Crippen LogP contribution in [0.15, 0.2) is 54.6 Å². The third-order valence-electron chi connectivity index (χ3n) is 4.67. The van der Waals surface area contributed by atoms with E-state index in [4.69, 9.17) is 0 Å². The first-order chi connectivity index (χ1) is 12.6. The quantitative estimate of drug-likeness (QED) is 0.750. The average Bonchev–Trinajstić information content (AvgIpc) is 3.44. The van der Waals surface area contributed by atoms with Crippen LogP contribution in [0, 0.1) is 6.92 Å². The number of aryl methyl sites for hydroxylation is 1. The van der Waals surface area contributed by atoms with E-state index in [-0.39, 0.29) is 23.0 Å². The minimum Gasteiger partial charge on any atom is -0.354 e. The van der Waals surface area contributed by atoms with Gasteiger partial charge in [0.05, 0.1) is 11.5 Å². The normalized spacial score (nSPS) is 14.5. The van der Waals surface area contributed by atoms with Crippen molar-refractivity contribution < 1.29 is 9.59 Å². The number of carbonyl (C=O) groups excluding carboxylic acids is 2. The van der Waals surface area contributed by atoms with Crippen LogP contribution < -0.4 is 10.6 Å². The van der Waals surface area contributed by atoms with E-state index in [0.717, 1.165) is 24.1 Å². The molecule has 1 aliphatic rings. The molecule has 4 nitrogen and oxygen atoms in total. The fourth-order valence-electron chi connectivity index (χ4n) is 2.90. The summed E-state index contributed by atoms with van der Waals surface area (Å²) in [6, 6.07) is 18.0. The first-order valence-corrected chi connectivity index (χ1v) is 9.99. The largest absolute Gasteiger partial charge is 0.354 e. The maximum atomic E-state index is 12.1. The molecule has 1 aliphatic carbocycles. The molecule has 2 N–H and O–H groups in total.